The van der Waals surface area contributed by atoms with Gasteiger partial charge in [0.25, 0.3) is 0 Å². The number of pyridine rings is 1. The topological polar surface area (TPSA) is 80.5 Å². The number of hydrogen-bond acceptors (Lipinski definition) is 6. The van der Waals surface area contributed by atoms with Gasteiger partial charge in [0.1, 0.15) is 11.1 Å². The standard InChI is InChI=1S/C17H18F2N4O2S.C3H8/c1-25-16-12(5-4-11(18)15(16)19)23-8-2-3-13(23)17(24)22-10-6-7-21-14(9-10)26-20;1-3-2/h4-7,9,13H,2-3,8,20H2,1H3,(H,21,22,24);3H2,1-2H3. The van der Waals surface area contributed by atoms with Gasteiger partial charge in [-0.05, 0) is 49.1 Å². The Morgan fingerprint density at radius 2 is 2.10 bits per heavy atom. The van der Waals surface area contributed by atoms with Crippen LogP contribution in [0.4, 0.5) is 20.2 Å². The lowest BCUT2D eigenvalue weighted by molar-refractivity contribution is -0.117. The van der Waals surface area contributed by atoms with Crippen LogP contribution in [0.2, 0.25) is 0 Å². The molecule has 29 heavy (non-hydrogen) atoms. The number of rotatable bonds is 5. The molecule has 0 saturated carbocycles. The molecule has 158 valence electrons. The third-order valence-corrected chi connectivity index (χ3v) is 4.69. The van der Waals surface area contributed by atoms with E-state index in [2.05, 4.69) is 24.1 Å². The van der Waals surface area contributed by atoms with Crippen LogP contribution in [0.1, 0.15) is 33.1 Å². The number of carbonyl (C=O) groups is 1. The number of ether oxygens (including phenoxy) is 1. The van der Waals surface area contributed by atoms with Gasteiger partial charge in [0, 0.05) is 18.4 Å². The monoisotopic (exact) mass is 424 g/mol. The van der Waals surface area contributed by atoms with Crippen LogP contribution in [0.25, 0.3) is 0 Å². The minimum Gasteiger partial charge on any atom is -0.491 e. The summed E-state index contributed by atoms with van der Waals surface area (Å²) in [5.41, 5.74) is 0.930. The molecular weight excluding hydrogens is 398 g/mol. The van der Waals surface area contributed by atoms with Gasteiger partial charge < -0.3 is 15.0 Å². The van der Waals surface area contributed by atoms with Gasteiger partial charge in [-0.2, -0.15) is 4.39 Å². The Hall–Kier alpha value is -2.39. The smallest absolute Gasteiger partial charge is 0.247 e. The van der Waals surface area contributed by atoms with Crippen molar-refractivity contribution in [3.63, 3.8) is 0 Å². The number of halogens is 2. The highest BCUT2D eigenvalue weighted by molar-refractivity contribution is 7.97. The van der Waals surface area contributed by atoms with E-state index in [0.29, 0.717) is 29.4 Å². The molecule has 2 aromatic rings. The normalized spacial score (nSPS) is 15.5. The maximum atomic E-state index is 14.0. The van der Waals surface area contributed by atoms with E-state index in [9.17, 15) is 13.6 Å². The van der Waals surface area contributed by atoms with Gasteiger partial charge in [-0.3, -0.25) is 9.93 Å². The van der Waals surface area contributed by atoms with E-state index in [1.54, 1.807) is 23.2 Å². The van der Waals surface area contributed by atoms with Gasteiger partial charge in [-0.15, -0.1) is 0 Å². The Morgan fingerprint density at radius 3 is 2.76 bits per heavy atom. The predicted molar refractivity (Wildman–Crippen MR) is 112 cm³/mol. The van der Waals surface area contributed by atoms with Crippen LogP contribution in [0.15, 0.2) is 35.5 Å². The quantitative estimate of drug-likeness (QED) is 0.695. The van der Waals surface area contributed by atoms with E-state index in [1.165, 1.54) is 19.6 Å². The van der Waals surface area contributed by atoms with Gasteiger partial charge in [0.2, 0.25) is 11.7 Å². The number of nitrogens with zero attached hydrogens (tertiary/aromatic N) is 2. The van der Waals surface area contributed by atoms with Crippen LogP contribution < -0.4 is 20.1 Å². The van der Waals surface area contributed by atoms with Crippen LogP contribution in [0, 0.1) is 11.6 Å². The summed E-state index contributed by atoms with van der Waals surface area (Å²) >= 11 is 0.981. The van der Waals surface area contributed by atoms with Crippen LogP contribution in [-0.2, 0) is 4.79 Å². The van der Waals surface area contributed by atoms with Crippen LogP contribution >= 0.6 is 11.9 Å². The Labute approximate surface area is 174 Å². The van der Waals surface area contributed by atoms with Crippen LogP contribution in [-0.4, -0.2) is 30.6 Å². The zero-order chi connectivity index (χ0) is 21.4. The fraction of sp³-hybridized carbons (Fsp3) is 0.400. The largest absolute Gasteiger partial charge is 0.491 e. The Morgan fingerprint density at radius 1 is 1.38 bits per heavy atom. The number of benzene rings is 1. The fourth-order valence-electron chi connectivity index (χ4n) is 3.05. The number of amides is 1. The van der Waals surface area contributed by atoms with E-state index in [-0.39, 0.29) is 11.7 Å². The zero-order valence-corrected chi connectivity index (χ0v) is 17.6. The highest BCUT2D eigenvalue weighted by Crippen LogP contribution is 2.37. The number of methoxy groups -OCH3 is 1. The van der Waals surface area contributed by atoms with Crippen molar-refractivity contribution in [3.05, 3.63) is 42.1 Å². The molecule has 1 saturated heterocycles. The number of aromatic nitrogens is 1. The molecule has 1 aromatic heterocycles. The summed E-state index contributed by atoms with van der Waals surface area (Å²) in [7, 11) is 1.27. The van der Waals surface area contributed by atoms with E-state index in [1.807, 2.05) is 0 Å². The van der Waals surface area contributed by atoms with Crippen molar-refractivity contribution in [2.45, 2.75) is 44.2 Å². The third-order valence-electron chi connectivity index (χ3n) is 4.22. The molecule has 3 rings (SSSR count). The summed E-state index contributed by atoms with van der Waals surface area (Å²) in [6.07, 6.45) is 4.15. The number of anilines is 2. The van der Waals surface area contributed by atoms with Crippen LogP contribution in [0.3, 0.4) is 0 Å². The van der Waals surface area contributed by atoms with Crippen LogP contribution in [0.5, 0.6) is 5.75 Å². The van der Waals surface area contributed by atoms with E-state index >= 15 is 0 Å². The van der Waals surface area contributed by atoms with Crippen molar-refractivity contribution < 1.29 is 18.3 Å². The molecule has 1 aliphatic heterocycles. The van der Waals surface area contributed by atoms with Gasteiger partial charge in [0.15, 0.2) is 11.6 Å². The molecule has 1 aromatic carbocycles. The Bertz CT molecular complexity index is 838. The average molecular weight is 425 g/mol. The molecule has 6 nitrogen and oxygen atoms in total. The zero-order valence-electron chi connectivity index (χ0n) is 16.7. The molecule has 3 N–H and O–H groups in total. The first-order valence-electron chi connectivity index (χ1n) is 9.39. The predicted octanol–water partition coefficient (Wildman–Crippen LogP) is 4.36. The third kappa shape index (κ3) is 5.57. The van der Waals surface area contributed by atoms with Crippen molar-refractivity contribution >= 4 is 29.2 Å². The molecule has 9 heteroatoms. The van der Waals surface area contributed by atoms with E-state index < -0.39 is 17.7 Å². The minimum atomic E-state index is -1.06. The number of nitrogens with one attached hydrogen (secondary N) is 1. The molecule has 1 unspecified atom stereocenters. The first-order chi connectivity index (χ1) is 14.0. The molecular formula is C20H26F2N4O2S. The second kappa shape index (κ2) is 11.0. The van der Waals surface area contributed by atoms with Crippen molar-refractivity contribution in [3.8, 4) is 5.75 Å². The van der Waals surface area contributed by atoms with Gasteiger partial charge in [0.05, 0.1) is 12.8 Å². The molecule has 0 bridgehead atoms. The van der Waals surface area contributed by atoms with Gasteiger partial charge >= 0.3 is 0 Å². The lowest BCUT2D eigenvalue weighted by Crippen LogP contribution is -2.40. The van der Waals surface area contributed by atoms with Crippen molar-refractivity contribution in [1.29, 1.82) is 0 Å². The molecule has 1 amide bonds. The lowest BCUT2D eigenvalue weighted by Gasteiger charge is -2.27. The van der Waals surface area contributed by atoms with Crippen molar-refractivity contribution in [2.24, 2.45) is 5.14 Å². The summed E-state index contributed by atoms with van der Waals surface area (Å²) in [6, 6.07) is 5.28. The van der Waals surface area contributed by atoms with Crippen molar-refractivity contribution in [2.75, 3.05) is 23.9 Å². The summed E-state index contributed by atoms with van der Waals surface area (Å²) in [4.78, 5) is 18.5. The van der Waals surface area contributed by atoms with Crippen molar-refractivity contribution in [1.82, 2.24) is 4.98 Å². The molecule has 0 radical (unpaired) electrons. The SMILES string of the molecule is CCC.COc1c(N2CCCC2C(=O)Nc2ccnc(SN)c2)ccc(F)c1F. The van der Waals surface area contributed by atoms with Gasteiger partial charge in [-0.25, -0.2) is 9.37 Å². The van der Waals surface area contributed by atoms with E-state index in [4.69, 9.17) is 9.88 Å². The molecule has 1 fully saturated rings. The molecule has 0 spiro atoms. The highest BCUT2D eigenvalue weighted by Gasteiger charge is 2.33. The highest BCUT2D eigenvalue weighted by atomic mass is 32.2. The lowest BCUT2D eigenvalue weighted by atomic mass is 10.1. The summed E-state index contributed by atoms with van der Waals surface area (Å²) in [6.45, 7) is 4.79. The Balaban J connectivity index is 0.000000941. The maximum absolute atomic E-state index is 14.0. The first kappa shape index (κ1) is 22.9. The number of hydrogen-bond donors (Lipinski definition) is 2. The minimum absolute atomic E-state index is 0.199. The van der Waals surface area contributed by atoms with Gasteiger partial charge in [-0.1, -0.05) is 20.3 Å². The maximum Gasteiger partial charge on any atom is 0.247 e. The molecule has 1 aliphatic rings. The molecule has 1 atom stereocenters. The number of carbonyl (C=O) groups excluding carboxylic acids is 1. The second-order valence-electron chi connectivity index (χ2n) is 6.46. The fourth-order valence-corrected chi connectivity index (χ4v) is 3.36. The summed E-state index contributed by atoms with van der Waals surface area (Å²) in [5.74, 6) is -2.49. The number of nitrogens with two attached hydrogens (primary N) is 1. The Kier molecular flexibility index (Phi) is 8.66. The second-order valence-corrected chi connectivity index (χ2v) is 7.12. The summed E-state index contributed by atoms with van der Waals surface area (Å²) in [5, 5.41) is 8.88. The molecule has 0 aliphatic carbocycles. The first-order valence-corrected chi connectivity index (χ1v) is 10.3. The average Bonchev–Trinajstić information content (AvgIpc) is 3.20. The van der Waals surface area contributed by atoms with E-state index in [0.717, 1.165) is 24.4 Å². The molecule has 2 heterocycles. The summed E-state index contributed by atoms with van der Waals surface area (Å²) < 4.78 is 32.5.